The molecule has 1 aromatic carbocycles. The second-order valence-electron chi connectivity index (χ2n) is 4.83. The molecular weight excluding hydrogens is 264 g/mol. The van der Waals surface area contributed by atoms with E-state index in [0.717, 1.165) is 48.7 Å². The van der Waals surface area contributed by atoms with E-state index in [9.17, 15) is 0 Å². The van der Waals surface area contributed by atoms with Gasteiger partial charge in [0, 0.05) is 11.3 Å². The molecule has 0 unspecified atom stereocenters. The minimum absolute atomic E-state index is 0.539. The first-order chi connectivity index (χ1) is 10.2. The summed E-state index contributed by atoms with van der Waals surface area (Å²) in [5, 5.41) is 3.29. The molecule has 5 nitrogen and oxygen atoms in total. The summed E-state index contributed by atoms with van der Waals surface area (Å²) in [5.74, 6) is 2.18. The molecular formula is C16H22N4O. The van der Waals surface area contributed by atoms with E-state index >= 15 is 0 Å². The summed E-state index contributed by atoms with van der Waals surface area (Å²) >= 11 is 0. The molecule has 1 heterocycles. The lowest BCUT2D eigenvalue weighted by molar-refractivity contribution is 0.317. The largest absolute Gasteiger partial charge is 0.494 e. The van der Waals surface area contributed by atoms with Crippen molar-refractivity contribution in [2.24, 2.45) is 0 Å². The van der Waals surface area contributed by atoms with Crippen molar-refractivity contribution >= 4 is 17.3 Å². The van der Waals surface area contributed by atoms with Gasteiger partial charge >= 0.3 is 0 Å². The monoisotopic (exact) mass is 286 g/mol. The van der Waals surface area contributed by atoms with Crippen LogP contribution in [0.1, 0.15) is 32.3 Å². The number of hydrogen-bond donors (Lipinski definition) is 2. The minimum atomic E-state index is 0.539. The quantitative estimate of drug-likeness (QED) is 0.814. The van der Waals surface area contributed by atoms with Crippen LogP contribution in [0.3, 0.4) is 0 Å². The lowest BCUT2D eigenvalue weighted by Crippen LogP contribution is -2.05. The van der Waals surface area contributed by atoms with Crippen molar-refractivity contribution in [2.45, 2.75) is 33.1 Å². The summed E-state index contributed by atoms with van der Waals surface area (Å²) in [6.07, 6.45) is 4.33. The van der Waals surface area contributed by atoms with E-state index in [0.29, 0.717) is 5.82 Å². The molecule has 0 spiro atoms. The fourth-order valence-electron chi connectivity index (χ4n) is 2.02. The molecule has 0 fully saturated rings. The maximum absolute atomic E-state index is 5.93. The Bertz CT molecular complexity index is 569. The second-order valence-corrected chi connectivity index (χ2v) is 4.83. The lowest BCUT2D eigenvalue weighted by atomic mass is 10.1. The first-order valence-corrected chi connectivity index (χ1v) is 7.33. The molecule has 0 radical (unpaired) electrons. The van der Waals surface area contributed by atoms with Crippen LogP contribution < -0.4 is 15.8 Å². The fraction of sp³-hybridized carbons (Fsp3) is 0.375. The summed E-state index contributed by atoms with van der Waals surface area (Å²) in [6, 6.07) is 7.84. The normalized spacial score (nSPS) is 10.4. The van der Waals surface area contributed by atoms with Crippen LogP contribution in [-0.2, 0) is 6.42 Å². The molecule has 0 aliphatic heterocycles. The van der Waals surface area contributed by atoms with Crippen molar-refractivity contribution in [3.8, 4) is 5.75 Å². The van der Waals surface area contributed by atoms with E-state index in [1.807, 2.05) is 24.3 Å². The predicted molar refractivity (Wildman–Crippen MR) is 86.0 cm³/mol. The number of nitrogen functional groups attached to an aromatic ring is 1. The van der Waals surface area contributed by atoms with Crippen molar-refractivity contribution in [1.82, 2.24) is 9.97 Å². The smallest absolute Gasteiger partial charge is 0.139 e. The molecule has 1 aromatic heterocycles. The SMILES string of the molecule is CCCOc1ccc(Nc2ncnc(N)c2CCC)cc1. The molecule has 5 heteroatoms. The number of nitrogens with zero attached hydrogens (tertiary/aromatic N) is 2. The van der Waals surface area contributed by atoms with Crippen LogP contribution in [0.2, 0.25) is 0 Å². The Morgan fingerprint density at radius 3 is 2.52 bits per heavy atom. The first kappa shape index (κ1) is 15.1. The molecule has 21 heavy (non-hydrogen) atoms. The number of aromatic nitrogens is 2. The van der Waals surface area contributed by atoms with Gasteiger partial charge in [0.25, 0.3) is 0 Å². The molecule has 0 aliphatic rings. The number of ether oxygens (including phenoxy) is 1. The average Bonchev–Trinajstić information content (AvgIpc) is 2.50. The third kappa shape index (κ3) is 4.08. The van der Waals surface area contributed by atoms with Crippen LogP contribution in [0.4, 0.5) is 17.3 Å². The average molecular weight is 286 g/mol. The standard InChI is InChI=1S/C16H22N4O/c1-3-5-14-15(17)18-11-19-16(14)20-12-6-8-13(9-7-12)21-10-4-2/h6-9,11H,3-5,10H2,1-2H3,(H3,17,18,19,20). The van der Waals surface area contributed by atoms with Gasteiger partial charge in [-0.25, -0.2) is 9.97 Å². The van der Waals surface area contributed by atoms with Gasteiger partial charge in [0.05, 0.1) is 6.61 Å². The van der Waals surface area contributed by atoms with Gasteiger partial charge in [0.2, 0.25) is 0 Å². The van der Waals surface area contributed by atoms with Crippen molar-refractivity contribution in [3.05, 3.63) is 36.2 Å². The van der Waals surface area contributed by atoms with Gasteiger partial charge < -0.3 is 15.8 Å². The summed E-state index contributed by atoms with van der Waals surface area (Å²) in [7, 11) is 0. The van der Waals surface area contributed by atoms with Gasteiger partial charge in [-0.1, -0.05) is 20.3 Å². The predicted octanol–water partition coefficient (Wildman–Crippen LogP) is 3.54. The molecule has 0 amide bonds. The molecule has 0 bridgehead atoms. The van der Waals surface area contributed by atoms with Gasteiger partial charge in [0.1, 0.15) is 23.7 Å². The highest BCUT2D eigenvalue weighted by Gasteiger charge is 2.08. The maximum Gasteiger partial charge on any atom is 0.139 e. The Hall–Kier alpha value is -2.30. The Balaban J connectivity index is 2.12. The van der Waals surface area contributed by atoms with Crippen molar-refractivity contribution in [1.29, 1.82) is 0 Å². The van der Waals surface area contributed by atoms with E-state index in [2.05, 4.69) is 29.1 Å². The third-order valence-corrected chi connectivity index (χ3v) is 3.07. The van der Waals surface area contributed by atoms with E-state index in [1.54, 1.807) is 0 Å². The highest BCUT2D eigenvalue weighted by molar-refractivity contribution is 5.64. The van der Waals surface area contributed by atoms with Crippen LogP contribution in [0, 0.1) is 0 Å². The van der Waals surface area contributed by atoms with Crippen LogP contribution in [-0.4, -0.2) is 16.6 Å². The molecule has 2 aromatic rings. The number of benzene rings is 1. The zero-order valence-corrected chi connectivity index (χ0v) is 12.6. The Morgan fingerprint density at radius 2 is 1.86 bits per heavy atom. The highest BCUT2D eigenvalue weighted by Crippen LogP contribution is 2.24. The second kappa shape index (κ2) is 7.47. The zero-order valence-electron chi connectivity index (χ0n) is 12.6. The molecule has 0 aliphatic carbocycles. The summed E-state index contributed by atoms with van der Waals surface area (Å²) in [6.45, 7) is 4.93. The Morgan fingerprint density at radius 1 is 1.10 bits per heavy atom. The summed E-state index contributed by atoms with van der Waals surface area (Å²) < 4.78 is 5.57. The number of anilines is 3. The minimum Gasteiger partial charge on any atom is -0.494 e. The number of nitrogens with one attached hydrogen (secondary N) is 1. The van der Waals surface area contributed by atoms with Gasteiger partial charge in [-0.05, 0) is 37.1 Å². The van der Waals surface area contributed by atoms with Gasteiger partial charge in [-0.3, -0.25) is 0 Å². The zero-order chi connectivity index (χ0) is 15.1. The number of nitrogens with two attached hydrogens (primary N) is 1. The van der Waals surface area contributed by atoms with Gasteiger partial charge in [-0.2, -0.15) is 0 Å². The molecule has 0 atom stereocenters. The van der Waals surface area contributed by atoms with Crippen LogP contribution in [0.15, 0.2) is 30.6 Å². The van der Waals surface area contributed by atoms with E-state index in [-0.39, 0.29) is 0 Å². The molecule has 112 valence electrons. The van der Waals surface area contributed by atoms with Crippen molar-refractivity contribution in [3.63, 3.8) is 0 Å². The molecule has 0 saturated carbocycles. The third-order valence-electron chi connectivity index (χ3n) is 3.07. The fourth-order valence-corrected chi connectivity index (χ4v) is 2.02. The summed E-state index contributed by atoms with van der Waals surface area (Å²) in [4.78, 5) is 8.35. The lowest BCUT2D eigenvalue weighted by Gasteiger charge is -2.12. The summed E-state index contributed by atoms with van der Waals surface area (Å²) in [5.41, 5.74) is 7.85. The molecule has 0 saturated heterocycles. The van der Waals surface area contributed by atoms with Crippen LogP contribution >= 0.6 is 0 Å². The highest BCUT2D eigenvalue weighted by atomic mass is 16.5. The molecule has 2 rings (SSSR count). The number of hydrogen-bond acceptors (Lipinski definition) is 5. The van der Waals surface area contributed by atoms with Crippen molar-refractivity contribution < 1.29 is 4.74 Å². The Kier molecular flexibility index (Phi) is 5.37. The van der Waals surface area contributed by atoms with E-state index in [1.165, 1.54) is 6.33 Å². The van der Waals surface area contributed by atoms with Gasteiger partial charge in [-0.15, -0.1) is 0 Å². The Labute approximate surface area is 125 Å². The number of rotatable bonds is 7. The van der Waals surface area contributed by atoms with Crippen LogP contribution in [0.5, 0.6) is 5.75 Å². The first-order valence-electron chi connectivity index (χ1n) is 7.33. The van der Waals surface area contributed by atoms with Gasteiger partial charge in [0.15, 0.2) is 0 Å². The van der Waals surface area contributed by atoms with E-state index < -0.39 is 0 Å². The maximum atomic E-state index is 5.93. The molecule has 3 N–H and O–H groups in total. The topological polar surface area (TPSA) is 73.1 Å². The van der Waals surface area contributed by atoms with E-state index in [4.69, 9.17) is 10.5 Å². The van der Waals surface area contributed by atoms with Crippen LogP contribution in [0.25, 0.3) is 0 Å². The van der Waals surface area contributed by atoms with Crippen molar-refractivity contribution in [2.75, 3.05) is 17.7 Å².